The van der Waals surface area contributed by atoms with Crippen molar-refractivity contribution in [3.8, 4) is 0 Å². The monoisotopic (exact) mass is 290 g/mol. The molecular formula is C17H26N2O2. The maximum absolute atomic E-state index is 12.3. The SMILES string of the molecule is CC1(C)Cc2occc2C(NC(=O)NC2CCCCC2)C1. The molecule has 4 heteroatoms. The third kappa shape index (κ3) is 3.42. The van der Waals surface area contributed by atoms with Gasteiger partial charge in [-0.3, -0.25) is 0 Å². The average Bonchev–Trinajstić information content (AvgIpc) is 2.86. The van der Waals surface area contributed by atoms with Gasteiger partial charge in [-0.1, -0.05) is 33.1 Å². The Hall–Kier alpha value is -1.45. The van der Waals surface area contributed by atoms with Crippen molar-refractivity contribution >= 4 is 6.03 Å². The van der Waals surface area contributed by atoms with Gasteiger partial charge in [0, 0.05) is 18.0 Å². The summed E-state index contributed by atoms with van der Waals surface area (Å²) in [6.45, 7) is 4.46. The molecule has 1 heterocycles. The fourth-order valence-corrected chi connectivity index (χ4v) is 3.74. The van der Waals surface area contributed by atoms with Crippen molar-refractivity contribution in [2.75, 3.05) is 0 Å². The first-order chi connectivity index (χ1) is 10.0. The summed E-state index contributed by atoms with van der Waals surface area (Å²) in [5.41, 5.74) is 1.31. The van der Waals surface area contributed by atoms with E-state index in [1.807, 2.05) is 6.07 Å². The third-order valence-electron chi connectivity index (χ3n) is 4.80. The minimum Gasteiger partial charge on any atom is -0.469 e. The Kier molecular flexibility index (Phi) is 3.96. The molecule has 2 aliphatic rings. The van der Waals surface area contributed by atoms with E-state index >= 15 is 0 Å². The molecular weight excluding hydrogens is 264 g/mol. The van der Waals surface area contributed by atoms with E-state index in [0.717, 1.165) is 37.0 Å². The summed E-state index contributed by atoms with van der Waals surface area (Å²) in [6.07, 6.45) is 9.62. The quantitative estimate of drug-likeness (QED) is 0.867. The second-order valence-corrected chi connectivity index (χ2v) is 7.35. The third-order valence-corrected chi connectivity index (χ3v) is 4.80. The van der Waals surface area contributed by atoms with Crippen LogP contribution >= 0.6 is 0 Å². The van der Waals surface area contributed by atoms with Crippen molar-refractivity contribution < 1.29 is 9.21 Å². The molecule has 116 valence electrons. The highest BCUT2D eigenvalue weighted by atomic mass is 16.3. The van der Waals surface area contributed by atoms with Gasteiger partial charge in [0.2, 0.25) is 0 Å². The largest absolute Gasteiger partial charge is 0.469 e. The highest BCUT2D eigenvalue weighted by Gasteiger charge is 2.35. The molecule has 1 fully saturated rings. The number of rotatable bonds is 2. The van der Waals surface area contributed by atoms with Gasteiger partial charge in [0.1, 0.15) is 5.76 Å². The number of fused-ring (bicyclic) bond motifs is 1. The van der Waals surface area contributed by atoms with Gasteiger partial charge >= 0.3 is 6.03 Å². The molecule has 0 spiro atoms. The molecule has 0 bridgehead atoms. The zero-order chi connectivity index (χ0) is 14.9. The Morgan fingerprint density at radius 3 is 2.76 bits per heavy atom. The van der Waals surface area contributed by atoms with Crippen molar-refractivity contribution in [1.82, 2.24) is 10.6 Å². The Morgan fingerprint density at radius 2 is 2.00 bits per heavy atom. The molecule has 1 atom stereocenters. The van der Waals surface area contributed by atoms with Crippen LogP contribution in [0.2, 0.25) is 0 Å². The molecule has 21 heavy (non-hydrogen) atoms. The number of furan rings is 1. The van der Waals surface area contributed by atoms with Crippen LogP contribution in [-0.4, -0.2) is 12.1 Å². The highest BCUT2D eigenvalue weighted by Crippen LogP contribution is 2.41. The molecule has 2 amide bonds. The number of hydrogen-bond donors (Lipinski definition) is 2. The Bertz CT molecular complexity index is 501. The molecule has 2 aliphatic carbocycles. The molecule has 0 aliphatic heterocycles. The molecule has 3 rings (SSSR count). The molecule has 0 aromatic carbocycles. The molecule has 1 saturated carbocycles. The normalized spacial score (nSPS) is 25.1. The van der Waals surface area contributed by atoms with Gasteiger partial charge in [-0.2, -0.15) is 0 Å². The maximum atomic E-state index is 12.3. The van der Waals surface area contributed by atoms with Gasteiger partial charge in [0.05, 0.1) is 12.3 Å². The van der Waals surface area contributed by atoms with Gasteiger partial charge in [0.15, 0.2) is 0 Å². The second-order valence-electron chi connectivity index (χ2n) is 7.35. The van der Waals surface area contributed by atoms with E-state index in [-0.39, 0.29) is 17.5 Å². The second kappa shape index (κ2) is 5.74. The van der Waals surface area contributed by atoms with E-state index in [2.05, 4.69) is 24.5 Å². The summed E-state index contributed by atoms with van der Waals surface area (Å²) in [5.74, 6) is 1.02. The Morgan fingerprint density at radius 1 is 1.24 bits per heavy atom. The fraction of sp³-hybridized carbons (Fsp3) is 0.706. The first-order valence-electron chi connectivity index (χ1n) is 8.17. The lowest BCUT2D eigenvalue weighted by Gasteiger charge is -2.35. The average molecular weight is 290 g/mol. The molecule has 1 aromatic rings. The van der Waals surface area contributed by atoms with Crippen LogP contribution < -0.4 is 10.6 Å². The van der Waals surface area contributed by atoms with Crippen LogP contribution in [0.25, 0.3) is 0 Å². The first-order valence-corrected chi connectivity index (χ1v) is 8.17. The summed E-state index contributed by atoms with van der Waals surface area (Å²) in [4.78, 5) is 12.3. The smallest absolute Gasteiger partial charge is 0.315 e. The van der Waals surface area contributed by atoms with Gasteiger partial charge in [-0.25, -0.2) is 4.79 Å². The van der Waals surface area contributed by atoms with Crippen LogP contribution in [0.4, 0.5) is 4.79 Å². The van der Waals surface area contributed by atoms with E-state index < -0.39 is 0 Å². The number of nitrogens with one attached hydrogen (secondary N) is 2. The number of amides is 2. The molecule has 2 N–H and O–H groups in total. The van der Waals surface area contributed by atoms with Crippen molar-refractivity contribution in [1.29, 1.82) is 0 Å². The van der Waals surface area contributed by atoms with E-state index in [4.69, 9.17) is 4.42 Å². The lowest BCUT2D eigenvalue weighted by molar-refractivity contribution is 0.209. The predicted molar refractivity (Wildman–Crippen MR) is 82.1 cm³/mol. The highest BCUT2D eigenvalue weighted by molar-refractivity contribution is 5.75. The molecule has 1 unspecified atom stereocenters. The minimum absolute atomic E-state index is 0.0308. The van der Waals surface area contributed by atoms with E-state index in [9.17, 15) is 4.79 Å². The van der Waals surface area contributed by atoms with Crippen LogP contribution in [0.15, 0.2) is 16.7 Å². The van der Waals surface area contributed by atoms with Crippen LogP contribution in [0.3, 0.4) is 0 Å². The zero-order valence-electron chi connectivity index (χ0n) is 13.1. The molecule has 4 nitrogen and oxygen atoms in total. The number of urea groups is 1. The van der Waals surface area contributed by atoms with E-state index in [0.29, 0.717) is 6.04 Å². The van der Waals surface area contributed by atoms with Crippen molar-refractivity contribution in [3.63, 3.8) is 0 Å². The number of carbonyl (C=O) groups is 1. The van der Waals surface area contributed by atoms with Gasteiger partial charge in [-0.05, 0) is 30.7 Å². The lowest BCUT2D eigenvalue weighted by Crippen LogP contribution is -2.45. The van der Waals surface area contributed by atoms with Gasteiger partial charge < -0.3 is 15.1 Å². The van der Waals surface area contributed by atoms with Gasteiger partial charge in [-0.15, -0.1) is 0 Å². The topological polar surface area (TPSA) is 54.3 Å². The minimum atomic E-state index is -0.0308. The summed E-state index contributed by atoms with van der Waals surface area (Å²) in [7, 11) is 0. The van der Waals surface area contributed by atoms with Crippen LogP contribution in [0.1, 0.15) is 69.7 Å². The molecule has 0 radical (unpaired) electrons. The summed E-state index contributed by atoms with van der Waals surface area (Å²) >= 11 is 0. The zero-order valence-corrected chi connectivity index (χ0v) is 13.1. The van der Waals surface area contributed by atoms with Crippen molar-refractivity contribution in [2.45, 2.75) is 70.9 Å². The summed E-state index contributed by atoms with van der Waals surface area (Å²) in [5, 5.41) is 6.29. The standard InChI is InChI=1S/C17H26N2O2/c1-17(2)10-14(13-8-9-21-15(13)11-17)19-16(20)18-12-6-4-3-5-7-12/h8-9,12,14H,3-7,10-11H2,1-2H3,(H2,18,19,20). The Balaban J connectivity index is 1.63. The first kappa shape index (κ1) is 14.5. The van der Waals surface area contributed by atoms with Crippen LogP contribution in [-0.2, 0) is 6.42 Å². The fourth-order valence-electron chi connectivity index (χ4n) is 3.74. The van der Waals surface area contributed by atoms with Crippen molar-refractivity contribution in [3.05, 3.63) is 23.7 Å². The van der Waals surface area contributed by atoms with Crippen LogP contribution in [0, 0.1) is 5.41 Å². The number of hydrogen-bond acceptors (Lipinski definition) is 2. The van der Waals surface area contributed by atoms with Crippen LogP contribution in [0.5, 0.6) is 0 Å². The van der Waals surface area contributed by atoms with E-state index in [1.165, 1.54) is 19.3 Å². The summed E-state index contributed by atoms with van der Waals surface area (Å²) < 4.78 is 5.58. The molecule has 1 aromatic heterocycles. The number of carbonyl (C=O) groups excluding carboxylic acids is 1. The van der Waals surface area contributed by atoms with E-state index in [1.54, 1.807) is 6.26 Å². The van der Waals surface area contributed by atoms with Crippen molar-refractivity contribution in [2.24, 2.45) is 5.41 Å². The maximum Gasteiger partial charge on any atom is 0.315 e. The predicted octanol–water partition coefficient (Wildman–Crippen LogP) is 3.93. The lowest BCUT2D eigenvalue weighted by atomic mass is 9.75. The molecule has 0 saturated heterocycles. The summed E-state index contributed by atoms with van der Waals surface area (Å²) in [6, 6.07) is 2.37. The Labute approximate surface area is 126 Å². The van der Waals surface area contributed by atoms with Gasteiger partial charge in [0.25, 0.3) is 0 Å².